The highest BCUT2D eigenvalue weighted by molar-refractivity contribution is 7.16. The molecule has 1 aliphatic rings. The largest absolute Gasteiger partial charge is 0.354 e. The molecular formula is C16H18N6S. The summed E-state index contributed by atoms with van der Waals surface area (Å²) in [5.74, 6) is 1.97. The van der Waals surface area contributed by atoms with Gasteiger partial charge in [0.25, 0.3) is 0 Å². The van der Waals surface area contributed by atoms with Crippen molar-refractivity contribution in [1.29, 1.82) is 0 Å². The highest BCUT2D eigenvalue weighted by Gasteiger charge is 2.26. The molecular weight excluding hydrogens is 308 g/mol. The van der Waals surface area contributed by atoms with Gasteiger partial charge in [-0.2, -0.15) is 5.10 Å². The number of nitrogens with zero attached hydrogens (tertiary/aromatic N) is 6. The lowest BCUT2D eigenvalue weighted by Gasteiger charge is -2.38. The molecule has 0 bridgehead atoms. The van der Waals surface area contributed by atoms with E-state index in [9.17, 15) is 0 Å². The normalized spacial score (nSPS) is 18.3. The first-order valence-electron chi connectivity index (χ1n) is 7.76. The smallest absolute Gasteiger partial charge is 0.151 e. The maximum Gasteiger partial charge on any atom is 0.151 e. The summed E-state index contributed by atoms with van der Waals surface area (Å²) < 4.78 is 0. The summed E-state index contributed by atoms with van der Waals surface area (Å²) in [5, 5.41) is 11.5. The standard InChI is InChI=1S/C16H18N6S/c1-21(15-13-6-9-23-16(13)18-11-17-15)12-4-3-8-22(10-12)14-5-2-7-19-20-14/h2,5-7,9,11-12H,3-4,8,10H2,1H3/t12-/m1/s1. The van der Waals surface area contributed by atoms with Crippen molar-refractivity contribution in [2.45, 2.75) is 18.9 Å². The third kappa shape index (κ3) is 2.72. The molecule has 6 nitrogen and oxygen atoms in total. The van der Waals surface area contributed by atoms with Gasteiger partial charge in [0, 0.05) is 32.4 Å². The van der Waals surface area contributed by atoms with Crippen LogP contribution >= 0.6 is 11.3 Å². The lowest BCUT2D eigenvalue weighted by Crippen LogP contribution is -2.47. The number of thiophene rings is 1. The number of anilines is 2. The number of hydrogen-bond acceptors (Lipinski definition) is 7. The van der Waals surface area contributed by atoms with Crippen LogP contribution in [-0.2, 0) is 0 Å². The van der Waals surface area contributed by atoms with E-state index >= 15 is 0 Å². The van der Waals surface area contributed by atoms with Crippen LogP contribution < -0.4 is 9.80 Å². The summed E-state index contributed by atoms with van der Waals surface area (Å²) in [6.45, 7) is 1.96. The molecule has 1 saturated heterocycles. The van der Waals surface area contributed by atoms with Crippen molar-refractivity contribution in [3.63, 3.8) is 0 Å². The van der Waals surface area contributed by atoms with Crippen molar-refractivity contribution in [1.82, 2.24) is 20.2 Å². The van der Waals surface area contributed by atoms with Gasteiger partial charge in [0.1, 0.15) is 17.0 Å². The number of fused-ring (bicyclic) bond motifs is 1. The molecule has 7 heteroatoms. The fraction of sp³-hybridized carbons (Fsp3) is 0.375. The van der Waals surface area contributed by atoms with Crippen molar-refractivity contribution in [3.8, 4) is 0 Å². The SMILES string of the molecule is CN(c1ncnc2sccc12)[C@@H]1CCCN(c2cccnn2)C1. The van der Waals surface area contributed by atoms with Crippen LogP contribution in [0.3, 0.4) is 0 Å². The van der Waals surface area contributed by atoms with Crippen LogP contribution in [-0.4, -0.2) is 46.3 Å². The Hall–Kier alpha value is -2.28. The van der Waals surface area contributed by atoms with Crippen LogP contribution in [0.15, 0.2) is 36.1 Å². The molecule has 3 aromatic rings. The van der Waals surface area contributed by atoms with Crippen LogP contribution in [0.4, 0.5) is 11.6 Å². The van der Waals surface area contributed by atoms with Gasteiger partial charge in [0.05, 0.1) is 5.39 Å². The van der Waals surface area contributed by atoms with E-state index < -0.39 is 0 Å². The van der Waals surface area contributed by atoms with E-state index in [-0.39, 0.29) is 0 Å². The minimum absolute atomic E-state index is 0.406. The summed E-state index contributed by atoms with van der Waals surface area (Å²) in [6, 6.07) is 6.48. The van der Waals surface area contributed by atoms with E-state index in [0.29, 0.717) is 6.04 Å². The van der Waals surface area contributed by atoms with E-state index in [2.05, 4.69) is 48.5 Å². The summed E-state index contributed by atoms with van der Waals surface area (Å²) >= 11 is 1.66. The second kappa shape index (κ2) is 6.08. The van der Waals surface area contributed by atoms with Gasteiger partial charge < -0.3 is 9.80 Å². The van der Waals surface area contributed by atoms with E-state index in [0.717, 1.165) is 47.8 Å². The van der Waals surface area contributed by atoms with E-state index in [1.165, 1.54) is 0 Å². The van der Waals surface area contributed by atoms with Crippen LogP contribution in [0.25, 0.3) is 10.2 Å². The van der Waals surface area contributed by atoms with Gasteiger partial charge in [-0.3, -0.25) is 0 Å². The zero-order chi connectivity index (χ0) is 15.6. The summed E-state index contributed by atoms with van der Waals surface area (Å²) in [4.78, 5) is 14.5. The monoisotopic (exact) mass is 326 g/mol. The van der Waals surface area contributed by atoms with Crippen LogP contribution in [0.1, 0.15) is 12.8 Å². The summed E-state index contributed by atoms with van der Waals surface area (Å²) in [5.41, 5.74) is 0. The Morgan fingerprint density at radius 1 is 1.30 bits per heavy atom. The van der Waals surface area contributed by atoms with Crippen LogP contribution in [0, 0.1) is 0 Å². The lowest BCUT2D eigenvalue weighted by atomic mass is 10.0. The number of rotatable bonds is 3. The topological polar surface area (TPSA) is 58.0 Å². The Labute approximate surface area is 138 Å². The highest BCUT2D eigenvalue weighted by atomic mass is 32.1. The van der Waals surface area contributed by atoms with Gasteiger partial charge >= 0.3 is 0 Å². The molecule has 0 amide bonds. The zero-order valence-electron chi connectivity index (χ0n) is 13.0. The maximum absolute atomic E-state index is 4.53. The molecule has 23 heavy (non-hydrogen) atoms. The first-order valence-corrected chi connectivity index (χ1v) is 8.64. The Balaban J connectivity index is 1.59. The van der Waals surface area contributed by atoms with Gasteiger partial charge in [-0.15, -0.1) is 16.4 Å². The van der Waals surface area contributed by atoms with Gasteiger partial charge in [0.2, 0.25) is 0 Å². The molecule has 3 aromatic heterocycles. The van der Waals surface area contributed by atoms with Crippen molar-refractivity contribution >= 4 is 33.2 Å². The Morgan fingerprint density at radius 2 is 2.26 bits per heavy atom. The molecule has 4 rings (SSSR count). The van der Waals surface area contributed by atoms with Crippen LogP contribution in [0.2, 0.25) is 0 Å². The Bertz CT molecular complexity index is 789. The maximum atomic E-state index is 4.53. The molecule has 0 spiro atoms. The van der Waals surface area contributed by atoms with E-state index in [4.69, 9.17) is 0 Å². The second-order valence-electron chi connectivity index (χ2n) is 5.77. The number of piperidine rings is 1. The van der Waals surface area contributed by atoms with Gasteiger partial charge in [-0.25, -0.2) is 9.97 Å². The fourth-order valence-corrected chi connectivity index (χ4v) is 3.90. The zero-order valence-corrected chi connectivity index (χ0v) is 13.8. The first-order chi connectivity index (χ1) is 11.3. The number of aromatic nitrogens is 4. The third-order valence-corrected chi connectivity index (χ3v) is 5.22. The van der Waals surface area contributed by atoms with Crippen LogP contribution in [0.5, 0.6) is 0 Å². The molecule has 0 unspecified atom stereocenters. The molecule has 0 aromatic carbocycles. The predicted molar refractivity (Wildman–Crippen MR) is 93.1 cm³/mol. The molecule has 1 fully saturated rings. The van der Waals surface area contributed by atoms with Crippen molar-refractivity contribution < 1.29 is 0 Å². The van der Waals surface area contributed by atoms with Gasteiger partial charge in [0.15, 0.2) is 5.82 Å². The molecule has 118 valence electrons. The lowest BCUT2D eigenvalue weighted by molar-refractivity contribution is 0.483. The Morgan fingerprint density at radius 3 is 3.13 bits per heavy atom. The molecule has 1 atom stereocenters. The predicted octanol–water partition coefficient (Wildman–Crippen LogP) is 2.59. The van der Waals surface area contributed by atoms with Crippen molar-refractivity contribution in [3.05, 3.63) is 36.1 Å². The number of hydrogen-bond donors (Lipinski definition) is 0. The highest BCUT2D eigenvalue weighted by Crippen LogP contribution is 2.29. The van der Waals surface area contributed by atoms with Gasteiger partial charge in [-0.1, -0.05) is 0 Å². The minimum Gasteiger partial charge on any atom is -0.354 e. The first kappa shape index (κ1) is 14.3. The minimum atomic E-state index is 0.406. The average molecular weight is 326 g/mol. The molecule has 4 heterocycles. The third-order valence-electron chi connectivity index (χ3n) is 4.40. The second-order valence-corrected chi connectivity index (χ2v) is 6.67. The molecule has 0 saturated carbocycles. The molecule has 1 aliphatic heterocycles. The summed E-state index contributed by atoms with van der Waals surface area (Å²) in [7, 11) is 2.13. The van der Waals surface area contributed by atoms with E-state index in [1.807, 2.05) is 12.1 Å². The van der Waals surface area contributed by atoms with E-state index in [1.54, 1.807) is 23.9 Å². The van der Waals surface area contributed by atoms with Crippen molar-refractivity contribution in [2.75, 3.05) is 29.9 Å². The van der Waals surface area contributed by atoms with Gasteiger partial charge in [-0.05, 0) is 36.4 Å². The quantitative estimate of drug-likeness (QED) is 0.737. The molecule has 0 aliphatic carbocycles. The Kier molecular flexibility index (Phi) is 3.78. The fourth-order valence-electron chi connectivity index (χ4n) is 3.17. The molecule has 0 radical (unpaired) electrons. The number of likely N-dealkylation sites (N-methyl/N-ethyl adjacent to an activating group) is 1. The van der Waals surface area contributed by atoms with Crippen molar-refractivity contribution in [2.24, 2.45) is 0 Å². The molecule has 0 N–H and O–H groups in total. The summed E-state index contributed by atoms with van der Waals surface area (Å²) in [6.07, 6.45) is 5.67. The average Bonchev–Trinajstić information content (AvgIpc) is 3.11.